The van der Waals surface area contributed by atoms with Gasteiger partial charge in [-0.3, -0.25) is 10.1 Å². The maximum absolute atomic E-state index is 12.5. The molecule has 1 saturated carbocycles. The standard InChI is InChI=1S/C20H23N3O4S/c1-12-16(28-18(21-12)14-8-4-3-5-9-14)19(25)27-13(2)17(24)23-20(26)22-15-10-6-7-11-15/h3-5,8-9,13,15H,6-7,10-11H2,1-2H3,(H2,22,23,24,26)/t13-/m0/s1. The highest BCUT2D eigenvalue weighted by Crippen LogP contribution is 2.28. The molecule has 0 aliphatic heterocycles. The molecule has 1 aromatic carbocycles. The van der Waals surface area contributed by atoms with Crippen molar-refractivity contribution in [3.05, 3.63) is 40.9 Å². The molecule has 0 spiro atoms. The number of rotatable bonds is 5. The van der Waals surface area contributed by atoms with Crippen LogP contribution in [0.4, 0.5) is 4.79 Å². The summed E-state index contributed by atoms with van der Waals surface area (Å²) in [6.07, 6.45) is 2.89. The van der Waals surface area contributed by atoms with Gasteiger partial charge in [0.1, 0.15) is 9.88 Å². The summed E-state index contributed by atoms with van der Waals surface area (Å²) in [6, 6.07) is 9.06. The van der Waals surface area contributed by atoms with Gasteiger partial charge in [0, 0.05) is 11.6 Å². The van der Waals surface area contributed by atoms with Gasteiger partial charge in [-0.05, 0) is 26.7 Å². The van der Waals surface area contributed by atoms with E-state index in [0.717, 1.165) is 31.2 Å². The van der Waals surface area contributed by atoms with Gasteiger partial charge < -0.3 is 10.1 Å². The molecule has 0 bridgehead atoms. The number of urea groups is 1. The van der Waals surface area contributed by atoms with Crippen LogP contribution in [0.15, 0.2) is 30.3 Å². The van der Waals surface area contributed by atoms with Crippen molar-refractivity contribution in [2.75, 3.05) is 0 Å². The van der Waals surface area contributed by atoms with E-state index in [4.69, 9.17) is 4.74 Å². The summed E-state index contributed by atoms with van der Waals surface area (Å²) < 4.78 is 5.24. The first-order chi connectivity index (χ1) is 13.4. The zero-order valence-electron chi connectivity index (χ0n) is 15.9. The van der Waals surface area contributed by atoms with Gasteiger partial charge >= 0.3 is 12.0 Å². The Bertz CT molecular complexity index is 860. The molecule has 3 amide bonds. The van der Waals surface area contributed by atoms with Crippen molar-refractivity contribution < 1.29 is 19.1 Å². The quantitative estimate of drug-likeness (QED) is 0.748. The van der Waals surface area contributed by atoms with Crippen molar-refractivity contribution in [3.8, 4) is 10.6 Å². The Morgan fingerprint density at radius 2 is 1.86 bits per heavy atom. The van der Waals surface area contributed by atoms with Crippen LogP contribution in [0.3, 0.4) is 0 Å². The number of amides is 3. The molecule has 2 N–H and O–H groups in total. The van der Waals surface area contributed by atoms with Crippen molar-refractivity contribution in [2.45, 2.75) is 51.7 Å². The summed E-state index contributed by atoms with van der Waals surface area (Å²) in [5, 5.41) is 5.70. The van der Waals surface area contributed by atoms with E-state index in [9.17, 15) is 14.4 Å². The second-order valence-electron chi connectivity index (χ2n) is 6.79. The van der Waals surface area contributed by atoms with Gasteiger partial charge in [0.2, 0.25) is 0 Å². The number of thiazole rings is 1. The maximum Gasteiger partial charge on any atom is 0.351 e. The van der Waals surface area contributed by atoms with Gasteiger partial charge in [0.25, 0.3) is 5.91 Å². The first-order valence-electron chi connectivity index (χ1n) is 9.29. The lowest BCUT2D eigenvalue weighted by Gasteiger charge is -2.15. The Kier molecular flexibility index (Phi) is 6.41. The van der Waals surface area contributed by atoms with E-state index < -0.39 is 24.0 Å². The van der Waals surface area contributed by atoms with Gasteiger partial charge in [0.05, 0.1) is 5.69 Å². The van der Waals surface area contributed by atoms with Crippen LogP contribution in [0, 0.1) is 6.92 Å². The van der Waals surface area contributed by atoms with Gasteiger partial charge in [0.15, 0.2) is 6.10 Å². The van der Waals surface area contributed by atoms with Crippen molar-refractivity contribution >= 4 is 29.2 Å². The number of esters is 1. The molecule has 1 fully saturated rings. The molecule has 8 heteroatoms. The third kappa shape index (κ3) is 4.95. The van der Waals surface area contributed by atoms with Crippen LogP contribution in [0.25, 0.3) is 10.6 Å². The zero-order valence-corrected chi connectivity index (χ0v) is 16.7. The third-order valence-electron chi connectivity index (χ3n) is 4.58. The first kappa shape index (κ1) is 20.0. The predicted octanol–water partition coefficient (Wildman–Crippen LogP) is 3.43. The predicted molar refractivity (Wildman–Crippen MR) is 106 cm³/mol. The molecule has 2 aromatic rings. The van der Waals surface area contributed by atoms with Crippen LogP contribution < -0.4 is 10.6 Å². The molecular weight excluding hydrogens is 378 g/mol. The van der Waals surface area contributed by atoms with Crippen LogP contribution in [-0.2, 0) is 9.53 Å². The lowest BCUT2D eigenvalue weighted by atomic mass is 10.2. The number of hydrogen-bond acceptors (Lipinski definition) is 6. The van der Waals surface area contributed by atoms with Crippen LogP contribution >= 0.6 is 11.3 Å². The molecule has 1 heterocycles. The number of aryl methyl sites for hydroxylation is 1. The number of nitrogens with one attached hydrogen (secondary N) is 2. The van der Waals surface area contributed by atoms with Gasteiger partial charge in [-0.1, -0.05) is 43.2 Å². The zero-order chi connectivity index (χ0) is 20.1. The van der Waals surface area contributed by atoms with Gasteiger partial charge in [-0.25, -0.2) is 14.6 Å². The molecule has 3 rings (SSSR count). The summed E-state index contributed by atoms with van der Waals surface area (Å²) in [5.74, 6) is -1.29. The Morgan fingerprint density at radius 1 is 1.18 bits per heavy atom. The summed E-state index contributed by atoms with van der Waals surface area (Å²) in [4.78, 5) is 41.2. The van der Waals surface area contributed by atoms with Crippen molar-refractivity contribution in [1.29, 1.82) is 0 Å². The van der Waals surface area contributed by atoms with Crippen LogP contribution in [0.5, 0.6) is 0 Å². The number of imide groups is 1. The number of ether oxygens (including phenoxy) is 1. The monoisotopic (exact) mass is 401 g/mol. The lowest BCUT2D eigenvalue weighted by Crippen LogP contribution is -2.47. The minimum Gasteiger partial charge on any atom is -0.448 e. The average molecular weight is 401 g/mol. The minimum absolute atomic E-state index is 0.0990. The smallest absolute Gasteiger partial charge is 0.351 e. The fourth-order valence-electron chi connectivity index (χ4n) is 3.06. The summed E-state index contributed by atoms with van der Waals surface area (Å²) in [5.41, 5.74) is 1.45. The Labute approximate surface area is 167 Å². The number of aromatic nitrogens is 1. The molecule has 1 aromatic heterocycles. The molecule has 1 aliphatic carbocycles. The number of carbonyl (C=O) groups is 3. The van der Waals surface area contributed by atoms with Gasteiger partial charge in [-0.15, -0.1) is 11.3 Å². The third-order valence-corrected chi connectivity index (χ3v) is 5.77. The van der Waals surface area contributed by atoms with Crippen LogP contribution in [-0.4, -0.2) is 35.0 Å². The summed E-state index contributed by atoms with van der Waals surface area (Å²) in [6.45, 7) is 3.16. The number of benzene rings is 1. The first-order valence-corrected chi connectivity index (χ1v) is 10.1. The largest absolute Gasteiger partial charge is 0.448 e. The number of nitrogens with zero attached hydrogens (tertiary/aromatic N) is 1. The van der Waals surface area contributed by atoms with Crippen LogP contribution in [0.1, 0.15) is 48.0 Å². The molecule has 7 nitrogen and oxygen atoms in total. The molecule has 0 saturated heterocycles. The summed E-state index contributed by atoms with van der Waals surface area (Å²) >= 11 is 1.21. The van der Waals surface area contributed by atoms with E-state index in [1.165, 1.54) is 18.3 Å². The van der Waals surface area contributed by atoms with Crippen LogP contribution in [0.2, 0.25) is 0 Å². The molecule has 28 heavy (non-hydrogen) atoms. The maximum atomic E-state index is 12.5. The molecule has 0 radical (unpaired) electrons. The molecular formula is C20H23N3O4S. The van der Waals surface area contributed by atoms with E-state index >= 15 is 0 Å². The van der Waals surface area contributed by atoms with E-state index in [2.05, 4.69) is 15.6 Å². The minimum atomic E-state index is -1.09. The number of carbonyl (C=O) groups excluding carboxylic acids is 3. The average Bonchev–Trinajstić information content (AvgIpc) is 3.31. The van der Waals surface area contributed by atoms with E-state index in [1.807, 2.05) is 30.3 Å². The molecule has 1 aliphatic rings. The van der Waals surface area contributed by atoms with Crippen molar-refractivity contribution in [3.63, 3.8) is 0 Å². The van der Waals surface area contributed by atoms with E-state index in [0.29, 0.717) is 15.6 Å². The fourth-order valence-corrected chi connectivity index (χ4v) is 4.02. The highest BCUT2D eigenvalue weighted by atomic mass is 32.1. The SMILES string of the molecule is Cc1nc(-c2ccccc2)sc1C(=O)O[C@@H](C)C(=O)NC(=O)NC1CCCC1. The second kappa shape index (κ2) is 8.97. The normalized spacial score (nSPS) is 15.1. The van der Waals surface area contributed by atoms with E-state index in [-0.39, 0.29) is 6.04 Å². The van der Waals surface area contributed by atoms with E-state index in [1.54, 1.807) is 6.92 Å². The number of hydrogen-bond donors (Lipinski definition) is 2. The Hall–Kier alpha value is -2.74. The molecule has 148 valence electrons. The highest BCUT2D eigenvalue weighted by molar-refractivity contribution is 7.17. The van der Waals surface area contributed by atoms with Gasteiger partial charge in [-0.2, -0.15) is 0 Å². The fraction of sp³-hybridized carbons (Fsp3) is 0.400. The van der Waals surface area contributed by atoms with Crippen molar-refractivity contribution in [1.82, 2.24) is 15.6 Å². The second-order valence-corrected chi connectivity index (χ2v) is 7.79. The molecule has 0 unspecified atom stereocenters. The Morgan fingerprint density at radius 3 is 2.54 bits per heavy atom. The topological polar surface area (TPSA) is 97.4 Å². The lowest BCUT2D eigenvalue weighted by molar-refractivity contribution is -0.127. The Balaban J connectivity index is 1.57. The molecule has 1 atom stereocenters. The summed E-state index contributed by atoms with van der Waals surface area (Å²) in [7, 11) is 0. The van der Waals surface area contributed by atoms with Crippen molar-refractivity contribution in [2.24, 2.45) is 0 Å². The highest BCUT2D eigenvalue weighted by Gasteiger charge is 2.25.